The first-order chi connectivity index (χ1) is 13.0. The minimum Gasteiger partial charge on any atom is -0.479 e. The average Bonchev–Trinajstić information content (AvgIpc) is 3.07. The monoisotopic (exact) mass is 414 g/mol. The van der Waals surface area contributed by atoms with Gasteiger partial charge in [0.25, 0.3) is 5.91 Å². The number of carboxylic acids is 1. The molecule has 1 amide bonds. The number of hydroxylamine groups is 2. The van der Waals surface area contributed by atoms with Gasteiger partial charge in [-0.05, 0) is 24.2 Å². The van der Waals surface area contributed by atoms with Gasteiger partial charge >= 0.3 is 5.97 Å². The number of hydrogen-bond acceptors (Lipinski definition) is 6. The number of amides is 1. The van der Waals surface area contributed by atoms with Crippen molar-refractivity contribution in [3.63, 3.8) is 0 Å². The van der Waals surface area contributed by atoms with Crippen LogP contribution in [0.1, 0.15) is 16.8 Å². The third kappa shape index (κ3) is 5.74. The van der Waals surface area contributed by atoms with E-state index in [1.165, 1.54) is 12.1 Å². The predicted octanol–water partition coefficient (Wildman–Crippen LogP) is 2.63. The Balaban J connectivity index is 1.99. The largest absolute Gasteiger partial charge is 0.479 e. The molecule has 28 heavy (non-hydrogen) atoms. The first-order valence-electron chi connectivity index (χ1n) is 9.01. The van der Waals surface area contributed by atoms with Crippen molar-refractivity contribution in [3.8, 4) is 0 Å². The number of aliphatic carboxylic acids is 1. The van der Waals surface area contributed by atoms with Gasteiger partial charge in [-0.1, -0.05) is 19.6 Å². The van der Waals surface area contributed by atoms with Gasteiger partial charge in [-0.15, -0.1) is 0 Å². The Morgan fingerprint density at radius 3 is 2.64 bits per heavy atom. The second kappa shape index (κ2) is 8.99. The van der Waals surface area contributed by atoms with Crippen molar-refractivity contribution >= 4 is 25.6 Å². The van der Waals surface area contributed by atoms with Crippen molar-refractivity contribution in [2.75, 3.05) is 31.9 Å². The van der Waals surface area contributed by atoms with Crippen molar-refractivity contribution in [3.05, 3.63) is 29.6 Å². The molecule has 3 N–H and O–H groups in total. The van der Waals surface area contributed by atoms with Crippen LogP contribution < -0.4 is 5.32 Å². The molecule has 156 valence electrons. The van der Waals surface area contributed by atoms with E-state index < -0.39 is 31.3 Å². The van der Waals surface area contributed by atoms with E-state index in [-0.39, 0.29) is 37.6 Å². The summed E-state index contributed by atoms with van der Waals surface area (Å²) in [4.78, 5) is 23.7. The minimum absolute atomic E-state index is 0.0379. The van der Waals surface area contributed by atoms with Gasteiger partial charge < -0.3 is 19.9 Å². The SMILES string of the molecule is C[Si](C)(C)CCOCN(O)C(=O)c1ccc(NC2(C(=O)O)CCOC2)cc1F. The summed E-state index contributed by atoms with van der Waals surface area (Å²) < 4.78 is 24.8. The van der Waals surface area contributed by atoms with E-state index in [0.717, 1.165) is 12.1 Å². The number of halogens is 1. The normalized spacial score (nSPS) is 19.5. The van der Waals surface area contributed by atoms with Gasteiger partial charge in [0, 0.05) is 33.4 Å². The van der Waals surface area contributed by atoms with Crippen LogP contribution >= 0.6 is 0 Å². The molecule has 2 rings (SSSR count). The van der Waals surface area contributed by atoms with Crippen LogP contribution in [0.25, 0.3) is 0 Å². The predicted molar refractivity (Wildman–Crippen MR) is 103 cm³/mol. The van der Waals surface area contributed by atoms with Crippen LogP contribution in [-0.2, 0) is 14.3 Å². The smallest absolute Gasteiger partial charge is 0.331 e. The molecule has 0 radical (unpaired) electrons. The van der Waals surface area contributed by atoms with Crippen LogP contribution in [0, 0.1) is 5.82 Å². The number of hydrogen-bond donors (Lipinski definition) is 3. The van der Waals surface area contributed by atoms with Crippen molar-refractivity contribution in [1.29, 1.82) is 0 Å². The topological polar surface area (TPSA) is 108 Å². The fraction of sp³-hybridized carbons (Fsp3) is 0.556. The molecule has 1 saturated heterocycles. The van der Waals surface area contributed by atoms with Crippen LogP contribution in [0.2, 0.25) is 25.7 Å². The number of carbonyl (C=O) groups is 2. The maximum Gasteiger partial charge on any atom is 0.331 e. The highest BCUT2D eigenvalue weighted by Crippen LogP contribution is 2.26. The van der Waals surface area contributed by atoms with E-state index in [9.17, 15) is 24.3 Å². The fourth-order valence-corrected chi connectivity index (χ4v) is 3.41. The summed E-state index contributed by atoms with van der Waals surface area (Å²) >= 11 is 0. The van der Waals surface area contributed by atoms with Gasteiger partial charge in [-0.3, -0.25) is 10.0 Å². The number of benzene rings is 1. The molecular weight excluding hydrogens is 387 g/mol. The molecule has 0 spiro atoms. The van der Waals surface area contributed by atoms with Crippen LogP contribution in [0.4, 0.5) is 10.1 Å². The highest BCUT2D eigenvalue weighted by Gasteiger charge is 2.42. The Labute approximate surface area is 164 Å². The number of carbonyl (C=O) groups excluding carboxylic acids is 1. The maximum absolute atomic E-state index is 14.4. The van der Waals surface area contributed by atoms with E-state index in [0.29, 0.717) is 11.7 Å². The molecular formula is C18H27FN2O6Si. The molecule has 1 aliphatic heterocycles. The fourth-order valence-electron chi connectivity index (χ4n) is 2.66. The zero-order valence-electron chi connectivity index (χ0n) is 16.3. The number of anilines is 1. The lowest BCUT2D eigenvalue weighted by Gasteiger charge is -2.25. The Bertz CT molecular complexity index is 719. The van der Waals surface area contributed by atoms with Gasteiger partial charge in [0.1, 0.15) is 12.5 Å². The van der Waals surface area contributed by atoms with Crippen molar-refractivity contribution in [2.45, 2.75) is 37.6 Å². The molecule has 0 bridgehead atoms. The van der Waals surface area contributed by atoms with Gasteiger partial charge in [0.05, 0.1) is 12.2 Å². The second-order valence-electron chi connectivity index (χ2n) is 8.06. The lowest BCUT2D eigenvalue weighted by molar-refractivity contribution is -0.142. The summed E-state index contributed by atoms with van der Waals surface area (Å²) in [6.07, 6.45) is 0.240. The lowest BCUT2D eigenvalue weighted by atomic mass is 9.98. The number of nitrogens with zero attached hydrogens (tertiary/aromatic N) is 1. The summed E-state index contributed by atoms with van der Waals surface area (Å²) in [5, 5.41) is 22.3. The number of carboxylic acid groups (broad SMARTS) is 1. The zero-order valence-corrected chi connectivity index (χ0v) is 17.3. The van der Waals surface area contributed by atoms with Crippen molar-refractivity contribution < 1.29 is 33.8 Å². The Hall–Kier alpha value is -2.01. The molecule has 1 aromatic carbocycles. The van der Waals surface area contributed by atoms with Crippen LogP contribution in [-0.4, -0.2) is 67.4 Å². The molecule has 8 nitrogen and oxygen atoms in total. The van der Waals surface area contributed by atoms with Gasteiger partial charge in [-0.25, -0.2) is 9.18 Å². The maximum atomic E-state index is 14.4. The quantitative estimate of drug-likeness (QED) is 0.187. The molecule has 1 heterocycles. The van der Waals surface area contributed by atoms with Gasteiger partial charge in [-0.2, -0.15) is 5.06 Å². The minimum atomic E-state index is -1.33. The number of nitrogens with one attached hydrogen (secondary N) is 1. The van der Waals surface area contributed by atoms with Crippen molar-refractivity contribution in [1.82, 2.24) is 5.06 Å². The summed E-state index contributed by atoms with van der Waals surface area (Å²) in [6, 6.07) is 4.48. The van der Waals surface area contributed by atoms with Crippen molar-refractivity contribution in [2.24, 2.45) is 0 Å². The average molecular weight is 415 g/mol. The van der Waals surface area contributed by atoms with E-state index in [1.807, 2.05) is 0 Å². The highest BCUT2D eigenvalue weighted by atomic mass is 28.3. The molecule has 1 fully saturated rings. The van der Waals surface area contributed by atoms with Crippen LogP contribution in [0.15, 0.2) is 18.2 Å². The molecule has 1 aromatic rings. The second-order valence-corrected chi connectivity index (χ2v) is 13.7. The van der Waals surface area contributed by atoms with Gasteiger partial charge in [0.15, 0.2) is 5.54 Å². The molecule has 0 aromatic heterocycles. The Morgan fingerprint density at radius 2 is 2.11 bits per heavy atom. The summed E-state index contributed by atoms with van der Waals surface area (Å²) in [7, 11) is -1.29. The van der Waals surface area contributed by atoms with E-state index in [4.69, 9.17) is 9.47 Å². The van der Waals surface area contributed by atoms with E-state index >= 15 is 0 Å². The molecule has 0 aliphatic carbocycles. The molecule has 1 aliphatic rings. The molecule has 1 unspecified atom stereocenters. The van der Waals surface area contributed by atoms with E-state index in [2.05, 4.69) is 25.0 Å². The first kappa shape index (κ1) is 22.3. The van der Waals surface area contributed by atoms with Crippen LogP contribution in [0.3, 0.4) is 0 Å². The molecule has 10 heteroatoms. The third-order valence-electron chi connectivity index (χ3n) is 4.46. The summed E-state index contributed by atoms with van der Waals surface area (Å²) in [6.45, 7) is 6.83. The molecule has 0 saturated carbocycles. The summed E-state index contributed by atoms with van der Waals surface area (Å²) in [5.74, 6) is -2.91. The highest BCUT2D eigenvalue weighted by molar-refractivity contribution is 6.76. The Kier molecular flexibility index (Phi) is 7.15. The standard InChI is InChI=1S/C18H27FN2O6Si/c1-28(2,3)9-8-27-12-21(25)16(22)14-5-4-13(10-15(14)19)20-18(17(23)24)6-7-26-11-18/h4-5,10,20,25H,6-9,11-12H2,1-3H3,(H,23,24). The van der Waals surface area contributed by atoms with Crippen LogP contribution in [0.5, 0.6) is 0 Å². The molecule has 1 atom stereocenters. The number of rotatable bonds is 9. The number of ether oxygens (including phenoxy) is 2. The lowest BCUT2D eigenvalue weighted by Crippen LogP contribution is -2.47. The van der Waals surface area contributed by atoms with Gasteiger partial charge in [0.2, 0.25) is 0 Å². The first-order valence-corrected chi connectivity index (χ1v) is 12.7. The van der Waals surface area contributed by atoms with E-state index in [1.54, 1.807) is 0 Å². The third-order valence-corrected chi connectivity index (χ3v) is 6.16. The Morgan fingerprint density at radius 1 is 1.39 bits per heavy atom. The zero-order chi connectivity index (χ0) is 20.9. The summed E-state index contributed by atoms with van der Waals surface area (Å²) in [5.41, 5.74) is -1.46.